The maximum Gasteiger partial charge on any atom is 0.332 e. The van der Waals surface area contributed by atoms with E-state index in [9.17, 15) is 14.4 Å². The van der Waals surface area contributed by atoms with Gasteiger partial charge in [0, 0.05) is 24.7 Å². The van der Waals surface area contributed by atoms with Crippen LogP contribution in [-0.2, 0) is 31.2 Å². The molecule has 0 radical (unpaired) electrons. The van der Waals surface area contributed by atoms with Crippen LogP contribution in [0.3, 0.4) is 0 Å². The Bertz CT molecular complexity index is 1300. The van der Waals surface area contributed by atoms with Gasteiger partial charge in [-0.1, -0.05) is 29.2 Å². The van der Waals surface area contributed by atoms with E-state index >= 15 is 0 Å². The molecular formula is C16H15N7O3S3. The van der Waals surface area contributed by atoms with Crippen LogP contribution in [0.15, 0.2) is 37.8 Å². The van der Waals surface area contributed by atoms with E-state index in [4.69, 9.17) is 0 Å². The van der Waals surface area contributed by atoms with Gasteiger partial charge in [-0.2, -0.15) is 0 Å². The quantitative estimate of drug-likeness (QED) is 0.348. The van der Waals surface area contributed by atoms with Crippen LogP contribution in [0.1, 0.15) is 4.88 Å². The zero-order valence-electron chi connectivity index (χ0n) is 15.4. The minimum atomic E-state index is -0.610. The zero-order chi connectivity index (χ0) is 20.5. The summed E-state index contributed by atoms with van der Waals surface area (Å²) in [6, 6.07) is 4.03. The SMILES string of the molecule is Cn1cnc2c1c(=O)n(CC(=O)Nc1nnc(SCc3cccs3)s1)c(=O)n2C. The first-order chi connectivity index (χ1) is 13.9. The third kappa shape index (κ3) is 3.88. The number of carbonyl (C=O) groups is 1. The Morgan fingerprint density at radius 3 is 2.86 bits per heavy atom. The highest BCUT2D eigenvalue weighted by Gasteiger charge is 2.18. The van der Waals surface area contributed by atoms with Gasteiger partial charge in [-0.3, -0.25) is 19.5 Å². The Labute approximate surface area is 175 Å². The van der Waals surface area contributed by atoms with E-state index in [0.29, 0.717) is 5.13 Å². The highest BCUT2D eigenvalue weighted by Crippen LogP contribution is 2.29. The van der Waals surface area contributed by atoms with Gasteiger partial charge in [0.05, 0.1) is 6.33 Å². The fourth-order valence-corrected chi connectivity index (χ4v) is 5.23. The summed E-state index contributed by atoms with van der Waals surface area (Å²) >= 11 is 4.43. The summed E-state index contributed by atoms with van der Waals surface area (Å²) in [6.07, 6.45) is 1.45. The number of carbonyl (C=O) groups excluding carboxylic acids is 1. The van der Waals surface area contributed by atoms with Crippen molar-refractivity contribution in [2.45, 2.75) is 16.6 Å². The number of hydrogen-bond donors (Lipinski definition) is 1. The van der Waals surface area contributed by atoms with Crippen LogP contribution in [0.25, 0.3) is 11.2 Å². The van der Waals surface area contributed by atoms with E-state index in [1.165, 1.54) is 50.5 Å². The second-order valence-corrected chi connectivity index (χ2v) is 9.28. The van der Waals surface area contributed by atoms with Crippen molar-refractivity contribution in [2.75, 3.05) is 5.32 Å². The number of aromatic nitrogens is 6. The minimum Gasteiger partial charge on any atom is -0.328 e. The van der Waals surface area contributed by atoms with Crippen molar-refractivity contribution >= 4 is 56.6 Å². The number of thiophene rings is 1. The highest BCUT2D eigenvalue weighted by atomic mass is 32.2. The van der Waals surface area contributed by atoms with Crippen LogP contribution in [-0.4, -0.2) is 34.8 Å². The van der Waals surface area contributed by atoms with Gasteiger partial charge < -0.3 is 4.57 Å². The number of anilines is 1. The normalized spacial score (nSPS) is 11.2. The molecule has 4 aromatic rings. The zero-order valence-corrected chi connectivity index (χ0v) is 17.8. The molecule has 150 valence electrons. The molecule has 4 heterocycles. The summed E-state index contributed by atoms with van der Waals surface area (Å²) in [5.41, 5.74) is -0.651. The lowest BCUT2D eigenvalue weighted by Crippen LogP contribution is -2.42. The number of nitrogens with one attached hydrogen (secondary N) is 1. The molecule has 4 aromatic heterocycles. The molecule has 0 spiro atoms. The van der Waals surface area contributed by atoms with Crippen molar-refractivity contribution in [2.24, 2.45) is 14.1 Å². The average molecular weight is 450 g/mol. The smallest absolute Gasteiger partial charge is 0.328 e. The molecule has 0 atom stereocenters. The molecule has 0 saturated heterocycles. The molecule has 0 unspecified atom stereocenters. The first-order valence-electron chi connectivity index (χ1n) is 8.33. The van der Waals surface area contributed by atoms with E-state index in [-0.39, 0.29) is 11.2 Å². The summed E-state index contributed by atoms with van der Waals surface area (Å²) in [6.45, 7) is -0.427. The summed E-state index contributed by atoms with van der Waals surface area (Å²) < 4.78 is 4.37. The molecule has 0 aliphatic rings. The summed E-state index contributed by atoms with van der Waals surface area (Å²) in [4.78, 5) is 42.8. The van der Waals surface area contributed by atoms with E-state index in [1.54, 1.807) is 18.4 Å². The van der Waals surface area contributed by atoms with Crippen LogP contribution >= 0.6 is 34.4 Å². The molecule has 0 aromatic carbocycles. The highest BCUT2D eigenvalue weighted by molar-refractivity contribution is 8.00. The van der Waals surface area contributed by atoms with Gasteiger partial charge in [-0.15, -0.1) is 21.5 Å². The summed E-state index contributed by atoms with van der Waals surface area (Å²) in [5.74, 6) is 0.243. The maximum absolute atomic E-state index is 12.7. The number of nitrogens with zero attached hydrogens (tertiary/aromatic N) is 6. The van der Waals surface area contributed by atoms with E-state index in [0.717, 1.165) is 14.7 Å². The van der Waals surface area contributed by atoms with Crippen molar-refractivity contribution in [3.63, 3.8) is 0 Å². The molecule has 0 saturated carbocycles. The number of amides is 1. The van der Waals surface area contributed by atoms with Crippen molar-refractivity contribution in [3.8, 4) is 0 Å². The molecule has 13 heteroatoms. The van der Waals surface area contributed by atoms with Crippen molar-refractivity contribution < 1.29 is 4.79 Å². The average Bonchev–Trinajstić information content (AvgIpc) is 3.43. The molecule has 29 heavy (non-hydrogen) atoms. The van der Waals surface area contributed by atoms with Crippen molar-refractivity contribution in [1.29, 1.82) is 0 Å². The van der Waals surface area contributed by atoms with Crippen molar-refractivity contribution in [1.82, 2.24) is 28.9 Å². The number of imidazole rings is 1. The van der Waals surface area contributed by atoms with Gasteiger partial charge in [0.15, 0.2) is 15.5 Å². The summed E-state index contributed by atoms with van der Waals surface area (Å²) in [5, 5.41) is 12.9. The third-order valence-electron chi connectivity index (χ3n) is 4.07. The van der Waals surface area contributed by atoms with Gasteiger partial charge >= 0.3 is 5.69 Å². The second kappa shape index (κ2) is 7.93. The lowest BCUT2D eigenvalue weighted by molar-refractivity contribution is -0.116. The van der Waals surface area contributed by atoms with E-state index < -0.39 is 23.7 Å². The Morgan fingerprint density at radius 1 is 1.28 bits per heavy atom. The summed E-state index contributed by atoms with van der Waals surface area (Å²) in [7, 11) is 3.16. The molecule has 0 fully saturated rings. The van der Waals surface area contributed by atoms with Crippen LogP contribution in [0.2, 0.25) is 0 Å². The fourth-order valence-electron chi connectivity index (χ4n) is 2.68. The minimum absolute atomic E-state index is 0.253. The second-order valence-electron chi connectivity index (χ2n) is 6.05. The number of fused-ring (bicyclic) bond motifs is 1. The molecular weight excluding hydrogens is 434 g/mol. The Kier molecular flexibility index (Phi) is 5.34. The van der Waals surface area contributed by atoms with Gasteiger partial charge in [0.25, 0.3) is 5.56 Å². The van der Waals surface area contributed by atoms with Crippen LogP contribution in [0.4, 0.5) is 5.13 Å². The fraction of sp³-hybridized carbons (Fsp3) is 0.250. The maximum atomic E-state index is 12.7. The molecule has 1 amide bonds. The van der Waals surface area contributed by atoms with Crippen LogP contribution < -0.4 is 16.6 Å². The Balaban J connectivity index is 1.49. The van der Waals surface area contributed by atoms with Gasteiger partial charge in [0.2, 0.25) is 11.0 Å². The number of rotatable bonds is 6. The van der Waals surface area contributed by atoms with Crippen molar-refractivity contribution in [3.05, 3.63) is 49.6 Å². The molecule has 4 rings (SSSR count). The van der Waals surface area contributed by atoms with Gasteiger partial charge in [-0.25, -0.2) is 14.3 Å². The predicted octanol–water partition coefficient (Wildman–Crippen LogP) is 1.28. The van der Waals surface area contributed by atoms with Crippen LogP contribution in [0, 0.1) is 0 Å². The van der Waals surface area contributed by atoms with E-state index in [2.05, 4.69) is 20.5 Å². The molecule has 0 aliphatic carbocycles. The standard InChI is InChI=1S/C16H15N7O3S3/c1-21-8-17-12-11(21)13(25)23(16(26)22(12)2)6-10(24)18-14-19-20-15(29-14)28-7-9-4-3-5-27-9/h3-5,8H,6-7H2,1-2H3,(H,18,19,24). The number of hydrogen-bond acceptors (Lipinski definition) is 9. The third-order valence-corrected chi connectivity index (χ3v) is 7.15. The predicted molar refractivity (Wildman–Crippen MR) is 113 cm³/mol. The molecule has 10 nitrogen and oxygen atoms in total. The monoisotopic (exact) mass is 449 g/mol. The molecule has 0 aliphatic heterocycles. The van der Waals surface area contributed by atoms with Gasteiger partial charge in [-0.05, 0) is 11.4 Å². The first-order valence-corrected chi connectivity index (χ1v) is 11.0. The lowest BCUT2D eigenvalue weighted by atomic mass is 10.4. The number of aryl methyl sites for hydroxylation is 2. The topological polar surface area (TPSA) is 117 Å². The first kappa shape index (κ1) is 19.5. The molecule has 1 N–H and O–H groups in total. The Morgan fingerprint density at radius 2 is 2.10 bits per heavy atom. The Hall–Kier alpha value is -2.77. The largest absolute Gasteiger partial charge is 0.332 e. The molecule has 0 bridgehead atoms. The lowest BCUT2D eigenvalue weighted by Gasteiger charge is -2.08. The van der Waals surface area contributed by atoms with Gasteiger partial charge in [0.1, 0.15) is 6.54 Å². The van der Waals surface area contributed by atoms with E-state index in [1.807, 2.05) is 17.5 Å². The number of thioether (sulfide) groups is 1. The van der Waals surface area contributed by atoms with Crippen LogP contribution in [0.5, 0.6) is 0 Å².